The van der Waals surface area contributed by atoms with E-state index < -0.39 is 0 Å². The van der Waals surface area contributed by atoms with Gasteiger partial charge in [0, 0.05) is 41.8 Å². The number of nitrogens with zero attached hydrogens (tertiary/aromatic N) is 3. The Bertz CT molecular complexity index is 1180. The molecular weight excluding hydrogens is 364 g/mol. The van der Waals surface area contributed by atoms with Crippen molar-refractivity contribution < 1.29 is 4.74 Å². The maximum Gasteiger partial charge on any atom is 0.160 e. The highest BCUT2D eigenvalue weighted by Gasteiger charge is 2.22. The van der Waals surface area contributed by atoms with Gasteiger partial charge in [-0.3, -0.25) is 4.90 Å². The topological polar surface area (TPSA) is 95.8 Å². The number of imidazole rings is 1. The van der Waals surface area contributed by atoms with Crippen molar-refractivity contribution in [1.82, 2.24) is 24.8 Å². The van der Waals surface area contributed by atoms with Crippen LogP contribution < -0.4 is 5.73 Å². The molecular formula is C22H26N6O. The number of hydrogen-bond acceptors (Lipinski definition) is 5. The second-order valence-electron chi connectivity index (χ2n) is 8.17. The van der Waals surface area contributed by atoms with E-state index in [1.165, 1.54) is 10.9 Å². The van der Waals surface area contributed by atoms with Crippen molar-refractivity contribution in [2.24, 2.45) is 0 Å². The lowest BCUT2D eigenvalue weighted by Crippen LogP contribution is -2.44. The van der Waals surface area contributed by atoms with Gasteiger partial charge in [0.15, 0.2) is 5.65 Å². The van der Waals surface area contributed by atoms with Crippen molar-refractivity contribution in [3.05, 3.63) is 41.7 Å². The summed E-state index contributed by atoms with van der Waals surface area (Å²) in [6, 6.07) is 10.7. The molecule has 2 atom stereocenters. The van der Waals surface area contributed by atoms with Crippen molar-refractivity contribution in [3.63, 3.8) is 0 Å². The first kappa shape index (κ1) is 18.1. The monoisotopic (exact) mass is 390 g/mol. The van der Waals surface area contributed by atoms with Crippen molar-refractivity contribution in [2.45, 2.75) is 39.5 Å². The fourth-order valence-electron chi connectivity index (χ4n) is 4.43. The largest absolute Gasteiger partial charge is 0.384 e. The van der Waals surface area contributed by atoms with Gasteiger partial charge in [-0.05, 0) is 50.6 Å². The molecule has 1 aliphatic heterocycles. The van der Waals surface area contributed by atoms with E-state index in [-0.39, 0.29) is 12.2 Å². The van der Waals surface area contributed by atoms with Gasteiger partial charge < -0.3 is 20.4 Å². The van der Waals surface area contributed by atoms with E-state index in [4.69, 9.17) is 10.5 Å². The molecule has 0 aliphatic carbocycles. The summed E-state index contributed by atoms with van der Waals surface area (Å²) in [7, 11) is 0. The predicted octanol–water partition coefficient (Wildman–Crippen LogP) is 3.61. The Morgan fingerprint density at radius 1 is 1.10 bits per heavy atom. The number of anilines is 1. The zero-order valence-electron chi connectivity index (χ0n) is 17.0. The minimum absolute atomic E-state index is 0.276. The first-order chi connectivity index (χ1) is 13.9. The van der Waals surface area contributed by atoms with Crippen LogP contribution in [-0.4, -0.2) is 50.1 Å². The number of hydrogen-bond donors (Lipinski definition) is 3. The molecule has 1 fully saturated rings. The van der Waals surface area contributed by atoms with E-state index in [0.29, 0.717) is 11.5 Å². The van der Waals surface area contributed by atoms with E-state index in [1.807, 2.05) is 13.0 Å². The van der Waals surface area contributed by atoms with E-state index >= 15 is 0 Å². The molecule has 4 heterocycles. The Hall–Kier alpha value is -2.90. The van der Waals surface area contributed by atoms with Crippen LogP contribution in [0.25, 0.3) is 33.3 Å². The standard InChI is InChI=1S/C22H26N6O/c1-12-9-28(10-13(2)29-12)11-15-4-5-18-16(6-15)7-19(26-18)17-8-20(23)27-22-21(17)24-14(3)25-22/h4-8,12-13,26H,9-11H2,1-3H3,(H3,23,24,25,27). The highest BCUT2D eigenvalue weighted by atomic mass is 16.5. The number of aromatic nitrogens is 4. The van der Waals surface area contributed by atoms with Crippen molar-refractivity contribution >= 4 is 27.9 Å². The normalized spacial score (nSPS) is 20.7. The predicted molar refractivity (Wildman–Crippen MR) is 116 cm³/mol. The van der Waals surface area contributed by atoms with Crippen molar-refractivity contribution in [3.8, 4) is 11.3 Å². The van der Waals surface area contributed by atoms with Crippen LogP contribution >= 0.6 is 0 Å². The molecule has 0 spiro atoms. The van der Waals surface area contributed by atoms with Crippen LogP contribution in [0.4, 0.5) is 5.82 Å². The molecule has 5 rings (SSSR count). The lowest BCUT2D eigenvalue weighted by Gasteiger charge is -2.35. The molecule has 7 nitrogen and oxygen atoms in total. The van der Waals surface area contributed by atoms with Crippen LogP contribution in [0, 0.1) is 6.92 Å². The second-order valence-corrected chi connectivity index (χ2v) is 8.17. The van der Waals surface area contributed by atoms with Gasteiger partial charge in [-0.15, -0.1) is 0 Å². The van der Waals surface area contributed by atoms with Crippen LogP contribution in [0.3, 0.4) is 0 Å². The number of ether oxygens (including phenoxy) is 1. The molecule has 29 heavy (non-hydrogen) atoms. The molecule has 1 aromatic carbocycles. The van der Waals surface area contributed by atoms with Gasteiger partial charge >= 0.3 is 0 Å². The summed E-state index contributed by atoms with van der Waals surface area (Å²) in [5.41, 5.74) is 11.9. The third-order valence-corrected chi connectivity index (χ3v) is 5.47. The average Bonchev–Trinajstić information content (AvgIpc) is 3.22. The smallest absolute Gasteiger partial charge is 0.160 e. The number of benzene rings is 1. The summed E-state index contributed by atoms with van der Waals surface area (Å²) in [6.07, 6.45) is 0.552. The molecule has 0 amide bonds. The van der Waals surface area contributed by atoms with Gasteiger partial charge in [-0.2, -0.15) is 0 Å². The highest BCUT2D eigenvalue weighted by Crippen LogP contribution is 2.31. The lowest BCUT2D eigenvalue weighted by molar-refractivity contribution is -0.0704. The SMILES string of the molecule is Cc1nc2c(-c3cc4cc(CN5CC(C)OC(C)C5)ccc4[nH]3)cc(N)nc2[nH]1. The quantitative estimate of drug-likeness (QED) is 0.497. The molecule has 0 radical (unpaired) electrons. The molecule has 0 bridgehead atoms. The summed E-state index contributed by atoms with van der Waals surface area (Å²) in [5, 5.41) is 1.18. The Balaban J connectivity index is 1.49. The third-order valence-electron chi connectivity index (χ3n) is 5.47. The van der Waals surface area contributed by atoms with Gasteiger partial charge in [-0.1, -0.05) is 6.07 Å². The molecule has 4 N–H and O–H groups in total. The lowest BCUT2D eigenvalue weighted by atomic mass is 10.1. The number of nitrogen functional groups attached to an aromatic ring is 1. The minimum atomic E-state index is 0.276. The molecule has 4 aromatic rings. The van der Waals surface area contributed by atoms with E-state index in [0.717, 1.165) is 47.7 Å². The van der Waals surface area contributed by atoms with Gasteiger partial charge in [0.05, 0.1) is 12.2 Å². The van der Waals surface area contributed by atoms with Crippen LogP contribution in [0.5, 0.6) is 0 Å². The van der Waals surface area contributed by atoms with Gasteiger partial charge in [0.2, 0.25) is 0 Å². The number of aryl methyl sites for hydroxylation is 1. The van der Waals surface area contributed by atoms with Crippen LogP contribution in [0.2, 0.25) is 0 Å². The molecule has 1 aliphatic rings. The number of fused-ring (bicyclic) bond motifs is 2. The van der Waals surface area contributed by atoms with Crippen LogP contribution in [-0.2, 0) is 11.3 Å². The molecule has 3 aromatic heterocycles. The number of nitrogens with two attached hydrogens (primary N) is 1. The van der Waals surface area contributed by atoms with Gasteiger partial charge in [0.1, 0.15) is 17.2 Å². The summed E-state index contributed by atoms with van der Waals surface area (Å²) < 4.78 is 5.85. The molecule has 2 unspecified atom stereocenters. The number of pyridine rings is 1. The zero-order chi connectivity index (χ0) is 20.1. The number of H-pyrrole nitrogens is 2. The average molecular weight is 390 g/mol. The zero-order valence-corrected chi connectivity index (χ0v) is 17.0. The summed E-state index contributed by atoms with van der Waals surface area (Å²) >= 11 is 0. The van der Waals surface area contributed by atoms with Gasteiger partial charge in [-0.25, -0.2) is 9.97 Å². The first-order valence-corrected chi connectivity index (χ1v) is 10.1. The minimum Gasteiger partial charge on any atom is -0.384 e. The number of rotatable bonds is 3. The molecule has 7 heteroatoms. The summed E-state index contributed by atoms with van der Waals surface area (Å²) in [4.78, 5) is 18.1. The Kier molecular flexibility index (Phi) is 4.29. The Morgan fingerprint density at radius 3 is 2.69 bits per heavy atom. The molecule has 1 saturated heterocycles. The highest BCUT2D eigenvalue weighted by molar-refractivity contribution is 5.95. The number of nitrogens with one attached hydrogen (secondary N) is 2. The molecule has 150 valence electrons. The summed E-state index contributed by atoms with van der Waals surface area (Å²) in [5.74, 6) is 1.30. The van der Waals surface area contributed by atoms with E-state index in [9.17, 15) is 0 Å². The second kappa shape index (κ2) is 6.86. The fourth-order valence-corrected chi connectivity index (χ4v) is 4.43. The Labute approximate surface area is 169 Å². The molecule has 0 saturated carbocycles. The Morgan fingerprint density at radius 2 is 1.90 bits per heavy atom. The van der Waals surface area contributed by atoms with E-state index in [2.05, 4.69) is 62.9 Å². The number of morpholine rings is 1. The maximum absolute atomic E-state index is 6.03. The van der Waals surface area contributed by atoms with Gasteiger partial charge in [0.25, 0.3) is 0 Å². The van der Waals surface area contributed by atoms with E-state index in [1.54, 1.807) is 0 Å². The third kappa shape index (κ3) is 3.47. The summed E-state index contributed by atoms with van der Waals surface area (Å²) in [6.45, 7) is 9.07. The van der Waals surface area contributed by atoms with Crippen molar-refractivity contribution in [2.75, 3.05) is 18.8 Å². The van der Waals surface area contributed by atoms with Crippen LogP contribution in [0.1, 0.15) is 25.2 Å². The van der Waals surface area contributed by atoms with Crippen LogP contribution in [0.15, 0.2) is 30.3 Å². The number of aromatic amines is 2. The fraction of sp³-hybridized carbons (Fsp3) is 0.364. The van der Waals surface area contributed by atoms with Crippen molar-refractivity contribution in [1.29, 1.82) is 0 Å². The first-order valence-electron chi connectivity index (χ1n) is 10.1. The maximum atomic E-state index is 6.03.